The number of rotatable bonds is 4. The van der Waals surface area contributed by atoms with Gasteiger partial charge in [-0.2, -0.15) is 0 Å². The molecule has 1 atom stereocenters. The van der Waals surface area contributed by atoms with Crippen LogP contribution in [-0.4, -0.2) is 28.0 Å². The molecule has 1 aliphatic heterocycles. The maximum absolute atomic E-state index is 6.01. The average molecular weight is 377 g/mol. The maximum atomic E-state index is 6.01. The Balaban J connectivity index is 1.32. The van der Waals surface area contributed by atoms with Crippen molar-refractivity contribution in [3.63, 3.8) is 0 Å². The van der Waals surface area contributed by atoms with Crippen LogP contribution in [0.2, 0.25) is 0 Å². The fraction of sp³-hybridized carbons (Fsp3) is 0.364. The van der Waals surface area contributed by atoms with Gasteiger partial charge in [-0.15, -0.1) is 0 Å². The van der Waals surface area contributed by atoms with Crippen LogP contribution in [0.5, 0.6) is 0 Å². The quantitative estimate of drug-likeness (QED) is 0.494. The van der Waals surface area contributed by atoms with E-state index >= 15 is 0 Å². The molecule has 4 aromatic rings. The van der Waals surface area contributed by atoms with E-state index in [1.54, 1.807) is 0 Å². The SMILES string of the molecule is Cc1ccc(-c2nc(CN3CCC[C@@H](c4nc5ccccc5o4)C3)c(C)o2)o1. The van der Waals surface area contributed by atoms with Crippen LogP contribution in [0.25, 0.3) is 22.8 Å². The van der Waals surface area contributed by atoms with E-state index in [-0.39, 0.29) is 0 Å². The minimum Gasteiger partial charge on any atom is -0.456 e. The summed E-state index contributed by atoms with van der Waals surface area (Å²) in [5.41, 5.74) is 2.75. The van der Waals surface area contributed by atoms with Crippen molar-refractivity contribution in [1.82, 2.24) is 14.9 Å². The summed E-state index contributed by atoms with van der Waals surface area (Å²) in [4.78, 5) is 11.8. The molecule has 0 amide bonds. The van der Waals surface area contributed by atoms with Gasteiger partial charge in [-0.05, 0) is 57.5 Å². The minimum atomic E-state index is 0.306. The van der Waals surface area contributed by atoms with E-state index in [0.29, 0.717) is 17.6 Å². The van der Waals surface area contributed by atoms with E-state index in [9.17, 15) is 0 Å². The molecule has 1 saturated heterocycles. The van der Waals surface area contributed by atoms with Gasteiger partial charge in [0, 0.05) is 19.0 Å². The van der Waals surface area contributed by atoms with Crippen LogP contribution in [0, 0.1) is 13.8 Å². The predicted octanol–water partition coefficient (Wildman–Crippen LogP) is 5.07. The van der Waals surface area contributed by atoms with Gasteiger partial charge in [0.2, 0.25) is 0 Å². The zero-order valence-corrected chi connectivity index (χ0v) is 16.1. The average Bonchev–Trinajstić information content (AvgIpc) is 3.41. The number of para-hydroxylation sites is 2. The molecule has 3 aromatic heterocycles. The van der Waals surface area contributed by atoms with Crippen molar-refractivity contribution < 1.29 is 13.3 Å². The first-order valence-electron chi connectivity index (χ1n) is 9.76. The third-order valence-corrected chi connectivity index (χ3v) is 5.38. The molecular weight excluding hydrogens is 354 g/mol. The second-order valence-electron chi connectivity index (χ2n) is 7.53. The summed E-state index contributed by atoms with van der Waals surface area (Å²) in [7, 11) is 0. The highest BCUT2D eigenvalue weighted by Gasteiger charge is 2.27. The van der Waals surface area contributed by atoms with Crippen LogP contribution in [-0.2, 0) is 6.54 Å². The third kappa shape index (κ3) is 3.24. The molecule has 0 N–H and O–H groups in total. The van der Waals surface area contributed by atoms with Crippen LogP contribution in [0.1, 0.15) is 41.9 Å². The van der Waals surface area contributed by atoms with Crippen molar-refractivity contribution in [2.75, 3.05) is 13.1 Å². The van der Waals surface area contributed by atoms with E-state index < -0.39 is 0 Å². The summed E-state index contributed by atoms with van der Waals surface area (Å²) in [5.74, 6) is 4.07. The van der Waals surface area contributed by atoms with Gasteiger partial charge in [-0.25, -0.2) is 9.97 Å². The van der Waals surface area contributed by atoms with E-state index in [1.807, 2.05) is 50.2 Å². The molecule has 0 bridgehead atoms. The van der Waals surface area contributed by atoms with Gasteiger partial charge in [0.1, 0.15) is 17.0 Å². The number of oxazole rings is 2. The number of likely N-dealkylation sites (tertiary alicyclic amines) is 1. The fourth-order valence-corrected chi connectivity index (χ4v) is 3.91. The summed E-state index contributed by atoms with van der Waals surface area (Å²) in [6, 6.07) is 11.8. The minimum absolute atomic E-state index is 0.306. The number of furan rings is 1. The molecule has 4 heterocycles. The van der Waals surface area contributed by atoms with Gasteiger partial charge < -0.3 is 13.3 Å². The Bertz CT molecular complexity index is 1070. The molecule has 6 nitrogen and oxygen atoms in total. The topological polar surface area (TPSA) is 68.4 Å². The molecule has 0 spiro atoms. The van der Waals surface area contributed by atoms with Gasteiger partial charge in [-0.1, -0.05) is 12.1 Å². The maximum Gasteiger partial charge on any atom is 0.263 e. The fourth-order valence-electron chi connectivity index (χ4n) is 3.91. The number of aromatic nitrogens is 2. The Morgan fingerprint density at radius 2 is 1.93 bits per heavy atom. The molecule has 0 saturated carbocycles. The smallest absolute Gasteiger partial charge is 0.263 e. The Morgan fingerprint density at radius 3 is 2.75 bits per heavy atom. The summed E-state index contributed by atoms with van der Waals surface area (Å²) < 4.78 is 17.5. The first kappa shape index (κ1) is 17.3. The van der Waals surface area contributed by atoms with E-state index in [0.717, 1.165) is 66.7 Å². The van der Waals surface area contributed by atoms with Gasteiger partial charge in [0.05, 0.1) is 5.69 Å². The second-order valence-corrected chi connectivity index (χ2v) is 7.53. The van der Waals surface area contributed by atoms with Crippen molar-refractivity contribution >= 4 is 11.1 Å². The normalized spacial score (nSPS) is 18.1. The monoisotopic (exact) mass is 377 g/mol. The number of aryl methyl sites for hydroxylation is 2. The Morgan fingerprint density at radius 1 is 1.04 bits per heavy atom. The summed E-state index contributed by atoms with van der Waals surface area (Å²) in [6.07, 6.45) is 2.21. The molecule has 0 aliphatic carbocycles. The van der Waals surface area contributed by atoms with Crippen LogP contribution in [0.3, 0.4) is 0 Å². The first-order valence-corrected chi connectivity index (χ1v) is 9.76. The van der Waals surface area contributed by atoms with Gasteiger partial charge in [-0.3, -0.25) is 4.90 Å². The number of hydrogen-bond donors (Lipinski definition) is 0. The molecule has 1 aromatic carbocycles. The highest BCUT2D eigenvalue weighted by molar-refractivity contribution is 5.72. The predicted molar refractivity (Wildman–Crippen MR) is 105 cm³/mol. The molecule has 6 heteroatoms. The number of nitrogens with zero attached hydrogens (tertiary/aromatic N) is 3. The lowest BCUT2D eigenvalue weighted by molar-refractivity contribution is 0.185. The van der Waals surface area contributed by atoms with Crippen molar-refractivity contribution in [3.8, 4) is 11.7 Å². The zero-order valence-electron chi connectivity index (χ0n) is 16.1. The van der Waals surface area contributed by atoms with E-state index in [1.165, 1.54) is 0 Å². The molecule has 0 unspecified atom stereocenters. The van der Waals surface area contributed by atoms with Gasteiger partial charge in [0.25, 0.3) is 5.89 Å². The number of fused-ring (bicyclic) bond motifs is 1. The number of piperidine rings is 1. The molecule has 1 fully saturated rings. The van der Waals surface area contributed by atoms with Crippen LogP contribution in [0.15, 0.2) is 49.6 Å². The number of hydrogen-bond acceptors (Lipinski definition) is 6. The molecule has 28 heavy (non-hydrogen) atoms. The van der Waals surface area contributed by atoms with Crippen LogP contribution in [0.4, 0.5) is 0 Å². The zero-order chi connectivity index (χ0) is 19.1. The lowest BCUT2D eigenvalue weighted by Gasteiger charge is -2.30. The third-order valence-electron chi connectivity index (χ3n) is 5.38. The lowest BCUT2D eigenvalue weighted by Crippen LogP contribution is -2.34. The van der Waals surface area contributed by atoms with Crippen molar-refractivity contribution in [3.05, 3.63) is 59.5 Å². The molecule has 0 radical (unpaired) electrons. The van der Waals surface area contributed by atoms with Crippen LogP contribution >= 0.6 is 0 Å². The molecular formula is C22H23N3O3. The molecule has 144 valence electrons. The molecule has 1 aliphatic rings. The second kappa shape index (κ2) is 6.95. The standard InChI is InChI=1S/C22H23N3O3/c1-14-9-10-20(26-14)22-24-18(15(2)27-22)13-25-11-5-6-16(12-25)21-23-17-7-3-4-8-19(17)28-21/h3-4,7-10,16H,5-6,11-13H2,1-2H3/t16-/m1/s1. The summed E-state index contributed by atoms with van der Waals surface area (Å²) in [6.45, 7) is 6.59. The van der Waals surface area contributed by atoms with Crippen molar-refractivity contribution in [2.45, 2.75) is 39.2 Å². The largest absolute Gasteiger partial charge is 0.456 e. The van der Waals surface area contributed by atoms with Crippen molar-refractivity contribution in [1.29, 1.82) is 0 Å². The summed E-state index contributed by atoms with van der Waals surface area (Å²) in [5, 5.41) is 0. The highest BCUT2D eigenvalue weighted by atomic mass is 16.4. The Kier molecular flexibility index (Phi) is 4.28. The Hall–Kier alpha value is -2.86. The first-order chi connectivity index (χ1) is 13.7. The van der Waals surface area contributed by atoms with Gasteiger partial charge in [0.15, 0.2) is 17.2 Å². The molecule has 5 rings (SSSR count). The van der Waals surface area contributed by atoms with Crippen LogP contribution < -0.4 is 0 Å². The van der Waals surface area contributed by atoms with Crippen molar-refractivity contribution in [2.24, 2.45) is 0 Å². The lowest BCUT2D eigenvalue weighted by atomic mass is 9.98. The van der Waals surface area contributed by atoms with E-state index in [4.69, 9.17) is 18.2 Å². The number of benzene rings is 1. The van der Waals surface area contributed by atoms with E-state index in [2.05, 4.69) is 9.88 Å². The highest BCUT2D eigenvalue weighted by Crippen LogP contribution is 2.30. The summed E-state index contributed by atoms with van der Waals surface area (Å²) >= 11 is 0. The van der Waals surface area contributed by atoms with Gasteiger partial charge >= 0.3 is 0 Å². The Labute approximate surface area is 163 Å².